The van der Waals surface area contributed by atoms with Gasteiger partial charge in [-0.15, -0.1) is 0 Å². The van der Waals surface area contributed by atoms with E-state index in [1.807, 2.05) is 0 Å². The molecule has 132 valence electrons. The van der Waals surface area contributed by atoms with Crippen molar-refractivity contribution < 1.29 is 27.8 Å². The SMILES string of the molecule is CC(C)(C)OC(=O)NC[C@H]1CN(c2cc(F)c(Br)cc2F)C(=O)O1. The van der Waals surface area contributed by atoms with Crippen LogP contribution in [0.2, 0.25) is 0 Å². The molecule has 1 aliphatic rings. The van der Waals surface area contributed by atoms with Gasteiger partial charge in [-0.25, -0.2) is 18.4 Å². The number of cyclic esters (lactones) is 1. The zero-order chi connectivity index (χ0) is 18.1. The molecule has 1 saturated heterocycles. The first-order valence-corrected chi connectivity index (χ1v) is 7.95. The number of anilines is 1. The number of benzene rings is 1. The molecule has 0 unspecified atom stereocenters. The van der Waals surface area contributed by atoms with E-state index in [0.717, 1.165) is 17.0 Å². The van der Waals surface area contributed by atoms with E-state index in [-0.39, 0.29) is 23.2 Å². The van der Waals surface area contributed by atoms with Gasteiger partial charge < -0.3 is 14.8 Å². The monoisotopic (exact) mass is 406 g/mol. The molecule has 0 spiro atoms. The van der Waals surface area contributed by atoms with E-state index >= 15 is 0 Å². The highest BCUT2D eigenvalue weighted by Gasteiger charge is 2.34. The molecule has 6 nitrogen and oxygen atoms in total. The van der Waals surface area contributed by atoms with Crippen molar-refractivity contribution in [3.63, 3.8) is 0 Å². The molecule has 2 rings (SSSR count). The summed E-state index contributed by atoms with van der Waals surface area (Å²) in [6, 6.07) is 1.84. The van der Waals surface area contributed by atoms with Crippen molar-refractivity contribution in [3.8, 4) is 0 Å². The molecule has 1 aliphatic heterocycles. The van der Waals surface area contributed by atoms with Gasteiger partial charge in [-0.1, -0.05) is 0 Å². The Labute approximate surface area is 146 Å². The number of ether oxygens (including phenoxy) is 2. The fraction of sp³-hybridized carbons (Fsp3) is 0.467. The third kappa shape index (κ3) is 4.56. The van der Waals surface area contributed by atoms with Crippen LogP contribution in [0, 0.1) is 11.6 Å². The molecule has 2 amide bonds. The van der Waals surface area contributed by atoms with E-state index in [9.17, 15) is 18.4 Å². The van der Waals surface area contributed by atoms with Gasteiger partial charge in [-0.2, -0.15) is 0 Å². The maximum atomic E-state index is 13.9. The predicted molar refractivity (Wildman–Crippen MR) is 85.9 cm³/mol. The molecule has 0 saturated carbocycles. The average Bonchev–Trinajstić information content (AvgIpc) is 2.80. The highest BCUT2D eigenvalue weighted by Crippen LogP contribution is 2.29. The number of alkyl carbamates (subject to hydrolysis) is 1. The van der Waals surface area contributed by atoms with Crippen molar-refractivity contribution >= 4 is 33.8 Å². The van der Waals surface area contributed by atoms with Crippen LogP contribution in [-0.4, -0.2) is 37.0 Å². The van der Waals surface area contributed by atoms with Crippen LogP contribution in [0.1, 0.15) is 20.8 Å². The molecule has 1 atom stereocenters. The summed E-state index contributed by atoms with van der Waals surface area (Å²) in [5.41, 5.74) is -0.874. The molecular formula is C15H17BrF2N2O4. The lowest BCUT2D eigenvalue weighted by molar-refractivity contribution is 0.0496. The fourth-order valence-corrected chi connectivity index (χ4v) is 2.37. The van der Waals surface area contributed by atoms with Crippen LogP contribution in [0.15, 0.2) is 16.6 Å². The topological polar surface area (TPSA) is 67.9 Å². The van der Waals surface area contributed by atoms with Crippen LogP contribution < -0.4 is 10.2 Å². The number of hydrogen-bond donors (Lipinski definition) is 1. The van der Waals surface area contributed by atoms with Crippen molar-refractivity contribution in [2.45, 2.75) is 32.5 Å². The molecule has 24 heavy (non-hydrogen) atoms. The summed E-state index contributed by atoms with van der Waals surface area (Å²) in [4.78, 5) is 24.4. The Hall–Kier alpha value is -1.90. The molecule has 1 aromatic carbocycles. The highest BCUT2D eigenvalue weighted by atomic mass is 79.9. The van der Waals surface area contributed by atoms with Gasteiger partial charge >= 0.3 is 12.2 Å². The van der Waals surface area contributed by atoms with Crippen molar-refractivity contribution in [3.05, 3.63) is 28.2 Å². The van der Waals surface area contributed by atoms with E-state index in [0.29, 0.717) is 0 Å². The second-order valence-electron chi connectivity index (χ2n) is 6.22. The minimum Gasteiger partial charge on any atom is -0.444 e. The summed E-state index contributed by atoms with van der Waals surface area (Å²) in [7, 11) is 0. The maximum Gasteiger partial charge on any atom is 0.414 e. The van der Waals surface area contributed by atoms with Crippen molar-refractivity contribution in [2.75, 3.05) is 18.0 Å². The molecule has 1 heterocycles. The van der Waals surface area contributed by atoms with Gasteiger partial charge in [0.25, 0.3) is 0 Å². The molecule has 0 aliphatic carbocycles. The second-order valence-corrected chi connectivity index (χ2v) is 7.07. The third-order valence-electron chi connectivity index (χ3n) is 3.03. The van der Waals surface area contributed by atoms with Gasteiger partial charge in [0.05, 0.1) is 23.2 Å². The number of halogens is 3. The Kier molecular flexibility index (Phi) is 5.32. The average molecular weight is 407 g/mol. The van der Waals surface area contributed by atoms with Gasteiger partial charge in [-0.05, 0) is 42.8 Å². The Balaban J connectivity index is 1.99. The minimum atomic E-state index is -0.813. The van der Waals surface area contributed by atoms with Crippen LogP contribution in [0.25, 0.3) is 0 Å². The van der Waals surface area contributed by atoms with Crippen LogP contribution in [0.4, 0.5) is 24.1 Å². The molecule has 0 aromatic heterocycles. The molecule has 1 fully saturated rings. The van der Waals surface area contributed by atoms with Gasteiger partial charge in [-0.3, -0.25) is 4.90 Å². The zero-order valence-corrected chi connectivity index (χ0v) is 14.9. The van der Waals surface area contributed by atoms with Crippen LogP contribution in [0.5, 0.6) is 0 Å². The van der Waals surface area contributed by atoms with Crippen LogP contribution in [0.3, 0.4) is 0 Å². The quantitative estimate of drug-likeness (QED) is 0.778. The first-order valence-electron chi connectivity index (χ1n) is 7.16. The molecule has 1 aromatic rings. The first-order chi connectivity index (χ1) is 11.1. The maximum absolute atomic E-state index is 13.9. The highest BCUT2D eigenvalue weighted by molar-refractivity contribution is 9.10. The van der Waals surface area contributed by atoms with Crippen molar-refractivity contribution in [2.24, 2.45) is 0 Å². The molecular weight excluding hydrogens is 390 g/mol. The number of amides is 2. The lowest BCUT2D eigenvalue weighted by Crippen LogP contribution is -2.38. The summed E-state index contributed by atoms with van der Waals surface area (Å²) >= 11 is 2.87. The molecule has 0 radical (unpaired) electrons. The smallest absolute Gasteiger partial charge is 0.414 e. The van der Waals surface area contributed by atoms with Gasteiger partial charge in [0.1, 0.15) is 23.3 Å². The summed E-state index contributed by atoms with van der Waals surface area (Å²) in [5, 5.41) is 2.47. The second kappa shape index (κ2) is 6.92. The Morgan fingerprint density at radius 2 is 2.08 bits per heavy atom. The van der Waals surface area contributed by atoms with E-state index in [1.165, 1.54) is 0 Å². The fourth-order valence-electron chi connectivity index (χ4n) is 2.05. The van der Waals surface area contributed by atoms with Crippen LogP contribution >= 0.6 is 15.9 Å². The number of hydrogen-bond acceptors (Lipinski definition) is 4. The number of nitrogens with zero attached hydrogens (tertiary/aromatic N) is 1. The summed E-state index contributed by atoms with van der Waals surface area (Å²) < 4.78 is 37.6. The normalized spacial score (nSPS) is 17.7. The van der Waals surface area contributed by atoms with Gasteiger partial charge in [0, 0.05) is 6.07 Å². The van der Waals surface area contributed by atoms with E-state index in [2.05, 4.69) is 21.2 Å². The standard InChI is InChI=1S/C15H17BrF2N2O4/c1-15(2,3)24-13(21)19-6-8-7-20(14(22)23-8)12-5-10(17)9(16)4-11(12)18/h4-5,8H,6-7H2,1-3H3,(H,19,21)/t8-/m0/s1. The lowest BCUT2D eigenvalue weighted by atomic mass is 10.2. The van der Waals surface area contributed by atoms with E-state index < -0.39 is 35.5 Å². The zero-order valence-electron chi connectivity index (χ0n) is 13.4. The minimum absolute atomic E-state index is 0.00220. The van der Waals surface area contributed by atoms with Crippen molar-refractivity contribution in [1.29, 1.82) is 0 Å². The number of carbonyl (C=O) groups is 2. The van der Waals surface area contributed by atoms with E-state index in [4.69, 9.17) is 9.47 Å². The summed E-state index contributed by atoms with van der Waals surface area (Å²) in [6.45, 7) is 5.13. The number of rotatable bonds is 3. The predicted octanol–water partition coefficient (Wildman–Crippen LogP) is 3.58. The number of nitrogens with one attached hydrogen (secondary N) is 1. The number of carbonyl (C=O) groups excluding carboxylic acids is 2. The molecule has 1 N–H and O–H groups in total. The lowest BCUT2D eigenvalue weighted by Gasteiger charge is -2.20. The van der Waals surface area contributed by atoms with Crippen molar-refractivity contribution in [1.82, 2.24) is 5.32 Å². The van der Waals surface area contributed by atoms with E-state index in [1.54, 1.807) is 20.8 Å². The Morgan fingerprint density at radius 1 is 1.42 bits per heavy atom. The first kappa shape index (κ1) is 18.4. The Morgan fingerprint density at radius 3 is 2.71 bits per heavy atom. The van der Waals surface area contributed by atoms with Gasteiger partial charge in [0.2, 0.25) is 0 Å². The molecule has 9 heteroatoms. The third-order valence-corrected chi connectivity index (χ3v) is 3.64. The summed E-state index contributed by atoms with van der Waals surface area (Å²) in [5.74, 6) is -1.46. The van der Waals surface area contributed by atoms with Crippen LogP contribution in [-0.2, 0) is 9.47 Å². The summed E-state index contributed by atoms with van der Waals surface area (Å²) in [6.07, 6.45) is -2.17. The molecule has 0 bridgehead atoms. The largest absolute Gasteiger partial charge is 0.444 e. The Bertz CT molecular complexity index is 664. The van der Waals surface area contributed by atoms with Gasteiger partial charge in [0.15, 0.2) is 0 Å².